The lowest BCUT2D eigenvalue weighted by Gasteiger charge is -2.38. The topological polar surface area (TPSA) is 13.6 Å². The zero-order valence-corrected chi connectivity index (χ0v) is 13.6. The van der Waals surface area contributed by atoms with Crippen LogP contribution in [0.2, 0.25) is 0 Å². The second kappa shape index (κ2) is 5.42. The first kappa shape index (κ1) is 14.3. The molecule has 0 unspecified atom stereocenters. The van der Waals surface area contributed by atoms with E-state index in [4.69, 9.17) is 11.3 Å². The molecule has 2 aromatic carbocycles. The van der Waals surface area contributed by atoms with Gasteiger partial charge in [0.25, 0.3) is 0 Å². The Morgan fingerprint density at radius 1 is 1.04 bits per heavy atom. The molecule has 0 aromatic heterocycles. The van der Waals surface area contributed by atoms with Gasteiger partial charge in [-0.05, 0) is 67.9 Å². The number of aryl methyl sites for hydroxylation is 3. The molecular weight excluding hydrogens is 282 g/mol. The monoisotopic (exact) mass is 303 g/mol. The molecular formula is C21H21NO. The van der Waals surface area contributed by atoms with Gasteiger partial charge in [-0.3, -0.25) is 0 Å². The fourth-order valence-corrected chi connectivity index (χ4v) is 4.24. The van der Waals surface area contributed by atoms with E-state index in [-0.39, 0.29) is 5.41 Å². The predicted molar refractivity (Wildman–Crippen MR) is 92.3 cm³/mol. The number of rotatable bonds is 0. The minimum Gasteiger partial charge on any atom is -0.492 e. The van der Waals surface area contributed by atoms with Crippen molar-refractivity contribution in [2.45, 2.75) is 44.4 Å². The Labute approximate surface area is 137 Å². The van der Waals surface area contributed by atoms with Crippen LogP contribution in [0.5, 0.6) is 5.75 Å². The molecule has 116 valence electrons. The molecule has 0 radical (unpaired) electrons. The number of nitrogens with zero attached hydrogens (tertiary/aromatic N) is 1. The molecule has 0 amide bonds. The molecule has 1 atom stereocenters. The Morgan fingerprint density at radius 2 is 1.96 bits per heavy atom. The van der Waals surface area contributed by atoms with Crippen molar-refractivity contribution in [3.05, 3.63) is 70.1 Å². The summed E-state index contributed by atoms with van der Waals surface area (Å²) in [6.45, 7) is 10.1. The Balaban J connectivity index is 1.72. The molecule has 0 fully saturated rings. The van der Waals surface area contributed by atoms with Crippen molar-refractivity contribution in [1.82, 2.24) is 0 Å². The zero-order chi connectivity index (χ0) is 15.9. The Hall–Kier alpha value is -2.27. The van der Waals surface area contributed by atoms with Crippen LogP contribution < -0.4 is 4.74 Å². The fraction of sp³-hybridized carbons (Fsp3) is 0.381. The second-order valence-electron chi connectivity index (χ2n) is 6.99. The molecule has 2 nitrogen and oxygen atoms in total. The summed E-state index contributed by atoms with van der Waals surface area (Å²) >= 11 is 0. The molecule has 1 aliphatic carbocycles. The van der Waals surface area contributed by atoms with Gasteiger partial charge < -0.3 is 4.74 Å². The normalized spacial score (nSPS) is 22.4. The van der Waals surface area contributed by atoms with Crippen LogP contribution in [0.25, 0.3) is 4.85 Å². The van der Waals surface area contributed by atoms with Gasteiger partial charge in [-0.25, -0.2) is 4.85 Å². The lowest BCUT2D eigenvalue weighted by Crippen LogP contribution is -2.36. The van der Waals surface area contributed by atoms with E-state index in [9.17, 15) is 0 Å². The SMILES string of the molecule is [C-]#[N+]c1ccc2c(c1)CC[C@@]1(CCCc3cc(C)ccc31)CO2. The molecule has 23 heavy (non-hydrogen) atoms. The molecule has 2 heteroatoms. The van der Waals surface area contributed by atoms with E-state index in [0.717, 1.165) is 25.2 Å². The van der Waals surface area contributed by atoms with Gasteiger partial charge in [-0.2, -0.15) is 0 Å². The van der Waals surface area contributed by atoms with Crippen LogP contribution in [-0.2, 0) is 18.3 Å². The summed E-state index contributed by atoms with van der Waals surface area (Å²) in [4.78, 5) is 3.55. The van der Waals surface area contributed by atoms with E-state index in [1.54, 1.807) is 0 Å². The first-order chi connectivity index (χ1) is 11.2. The van der Waals surface area contributed by atoms with Gasteiger partial charge in [0.1, 0.15) is 5.75 Å². The highest BCUT2D eigenvalue weighted by Gasteiger charge is 2.38. The molecule has 0 bridgehead atoms. The molecule has 4 rings (SSSR count). The van der Waals surface area contributed by atoms with Crippen LogP contribution in [0, 0.1) is 13.5 Å². The van der Waals surface area contributed by atoms with E-state index >= 15 is 0 Å². The third-order valence-electron chi connectivity index (χ3n) is 5.48. The van der Waals surface area contributed by atoms with Gasteiger partial charge in [0.05, 0.1) is 13.2 Å². The maximum atomic E-state index is 7.21. The highest BCUT2D eigenvalue weighted by Crippen LogP contribution is 2.44. The summed E-state index contributed by atoms with van der Waals surface area (Å²) in [5.74, 6) is 0.966. The summed E-state index contributed by atoms with van der Waals surface area (Å²) in [7, 11) is 0. The number of ether oxygens (including phenoxy) is 1. The average Bonchev–Trinajstić information content (AvgIpc) is 2.75. The van der Waals surface area contributed by atoms with Crippen molar-refractivity contribution >= 4 is 5.69 Å². The number of fused-ring (bicyclic) bond motifs is 3. The largest absolute Gasteiger partial charge is 0.492 e. The number of hydrogen-bond acceptors (Lipinski definition) is 1. The van der Waals surface area contributed by atoms with E-state index in [0.29, 0.717) is 5.69 Å². The smallest absolute Gasteiger partial charge is 0.187 e. The van der Waals surface area contributed by atoms with Gasteiger partial charge in [0.15, 0.2) is 5.69 Å². The van der Waals surface area contributed by atoms with Gasteiger partial charge in [0, 0.05) is 5.41 Å². The van der Waals surface area contributed by atoms with Crippen LogP contribution in [0.4, 0.5) is 5.69 Å². The lowest BCUT2D eigenvalue weighted by molar-refractivity contribution is 0.195. The summed E-state index contributed by atoms with van der Waals surface area (Å²) in [5, 5.41) is 0. The van der Waals surface area contributed by atoms with E-state index in [2.05, 4.69) is 30.0 Å². The van der Waals surface area contributed by atoms with E-state index in [1.807, 2.05) is 18.2 Å². The Morgan fingerprint density at radius 3 is 2.83 bits per heavy atom. The van der Waals surface area contributed by atoms with Crippen LogP contribution in [0.15, 0.2) is 36.4 Å². The summed E-state index contributed by atoms with van der Waals surface area (Å²) in [6.07, 6.45) is 5.73. The van der Waals surface area contributed by atoms with Crippen molar-refractivity contribution in [1.29, 1.82) is 0 Å². The number of hydrogen-bond donors (Lipinski definition) is 0. The first-order valence-corrected chi connectivity index (χ1v) is 8.43. The quantitative estimate of drug-likeness (QED) is 0.614. The molecule has 2 aliphatic rings. The van der Waals surface area contributed by atoms with Crippen molar-refractivity contribution in [3.63, 3.8) is 0 Å². The van der Waals surface area contributed by atoms with Crippen LogP contribution in [-0.4, -0.2) is 6.61 Å². The molecule has 1 heterocycles. The van der Waals surface area contributed by atoms with Gasteiger partial charge in [-0.1, -0.05) is 29.8 Å². The lowest BCUT2D eigenvalue weighted by atomic mass is 9.67. The van der Waals surface area contributed by atoms with Crippen LogP contribution in [0.3, 0.4) is 0 Å². The molecule has 0 saturated carbocycles. The second-order valence-corrected chi connectivity index (χ2v) is 6.99. The number of benzene rings is 2. The van der Waals surface area contributed by atoms with Crippen molar-refractivity contribution < 1.29 is 4.74 Å². The minimum atomic E-state index is 0.137. The molecule has 1 aliphatic heterocycles. The third kappa shape index (κ3) is 2.41. The summed E-state index contributed by atoms with van der Waals surface area (Å²) < 4.78 is 6.23. The molecule has 0 saturated heterocycles. The van der Waals surface area contributed by atoms with Crippen LogP contribution in [0.1, 0.15) is 41.5 Å². The third-order valence-corrected chi connectivity index (χ3v) is 5.48. The molecule has 2 aromatic rings. The zero-order valence-electron chi connectivity index (χ0n) is 13.6. The van der Waals surface area contributed by atoms with E-state index < -0.39 is 0 Å². The van der Waals surface area contributed by atoms with Gasteiger partial charge in [0.2, 0.25) is 0 Å². The van der Waals surface area contributed by atoms with Crippen molar-refractivity contribution in [3.8, 4) is 5.75 Å². The molecule has 1 spiro atoms. The summed E-state index contributed by atoms with van der Waals surface area (Å²) in [5.41, 5.74) is 6.39. The molecule has 0 N–H and O–H groups in total. The van der Waals surface area contributed by atoms with Crippen molar-refractivity contribution in [2.75, 3.05) is 6.61 Å². The van der Waals surface area contributed by atoms with E-state index in [1.165, 1.54) is 41.5 Å². The highest BCUT2D eigenvalue weighted by atomic mass is 16.5. The standard InChI is InChI=1S/C21H21NO/c1-15-5-7-19-16(12-15)4-3-10-21(19)11-9-17-13-18(22-2)6-8-20(17)23-14-21/h5-8,12-13H,3-4,9-11,14H2,1H3/t21-/m0/s1. The van der Waals surface area contributed by atoms with Crippen LogP contribution >= 0.6 is 0 Å². The average molecular weight is 303 g/mol. The Bertz CT molecular complexity index is 802. The Kier molecular flexibility index (Phi) is 3.38. The predicted octanol–water partition coefficient (Wildman–Crippen LogP) is 5.15. The minimum absolute atomic E-state index is 0.137. The van der Waals surface area contributed by atoms with Crippen molar-refractivity contribution in [2.24, 2.45) is 0 Å². The first-order valence-electron chi connectivity index (χ1n) is 8.43. The van der Waals surface area contributed by atoms with Gasteiger partial charge in [-0.15, -0.1) is 0 Å². The summed E-state index contributed by atoms with van der Waals surface area (Å²) in [6, 6.07) is 12.8. The fourth-order valence-electron chi connectivity index (χ4n) is 4.24. The maximum absolute atomic E-state index is 7.21. The highest BCUT2D eigenvalue weighted by molar-refractivity contribution is 5.53. The van der Waals surface area contributed by atoms with Gasteiger partial charge >= 0.3 is 0 Å². The maximum Gasteiger partial charge on any atom is 0.187 e.